The number of imidazole rings is 1. The van der Waals surface area contributed by atoms with Crippen LogP contribution >= 0.6 is 0 Å². The van der Waals surface area contributed by atoms with Crippen LogP contribution < -0.4 is 10.5 Å². The molecular formula is C20H21N4O2+. The Balaban J connectivity index is 1.76. The first kappa shape index (κ1) is 16.2. The molecule has 3 aromatic rings. The van der Waals surface area contributed by atoms with Crippen molar-refractivity contribution in [1.82, 2.24) is 9.97 Å². The molecule has 2 aromatic carbocycles. The highest BCUT2D eigenvalue weighted by atomic mass is 16.5. The van der Waals surface area contributed by atoms with Crippen LogP contribution in [0.3, 0.4) is 0 Å². The number of H-pyrrole nitrogens is 1. The van der Waals surface area contributed by atoms with E-state index in [-0.39, 0.29) is 5.76 Å². The number of fused-ring (bicyclic) bond motifs is 1. The summed E-state index contributed by atoms with van der Waals surface area (Å²) in [4.78, 5) is 7.83. The number of nitrogens with two attached hydrogens (primary N) is 1. The molecule has 4 rings (SSSR count). The number of hydrogen-bond donors (Lipinski definition) is 3. The summed E-state index contributed by atoms with van der Waals surface area (Å²) < 4.78 is 7.48. The molecule has 0 aliphatic carbocycles. The summed E-state index contributed by atoms with van der Waals surface area (Å²) in [5, 5.41) is 10.5. The van der Waals surface area contributed by atoms with Gasteiger partial charge in [0.1, 0.15) is 28.6 Å². The second kappa shape index (κ2) is 6.55. The Labute approximate surface area is 151 Å². The lowest BCUT2D eigenvalue weighted by Gasteiger charge is -2.17. The molecule has 0 atom stereocenters. The molecule has 1 aliphatic rings. The molecule has 1 aromatic heterocycles. The Morgan fingerprint density at radius 2 is 1.96 bits per heavy atom. The van der Waals surface area contributed by atoms with Crippen molar-refractivity contribution in [3.63, 3.8) is 0 Å². The van der Waals surface area contributed by atoms with Crippen LogP contribution in [0.5, 0.6) is 5.75 Å². The van der Waals surface area contributed by atoms with Crippen LogP contribution in [-0.2, 0) is 0 Å². The number of para-hydroxylation sites is 2. The first-order valence-electron chi connectivity index (χ1n) is 8.68. The minimum atomic E-state index is 0.253. The number of rotatable bonds is 4. The smallest absolute Gasteiger partial charge is 0.287 e. The van der Waals surface area contributed by atoms with Gasteiger partial charge in [-0.2, -0.15) is 0 Å². The molecule has 6 nitrogen and oxygen atoms in total. The van der Waals surface area contributed by atoms with E-state index < -0.39 is 0 Å². The van der Waals surface area contributed by atoms with Crippen LogP contribution in [-0.4, -0.2) is 38.6 Å². The molecule has 4 N–H and O–H groups in total. The summed E-state index contributed by atoms with van der Waals surface area (Å²) in [7, 11) is 0. The van der Waals surface area contributed by atoms with E-state index in [4.69, 9.17) is 10.5 Å². The number of nitrogens with one attached hydrogen (secondary N) is 1. The highest BCUT2D eigenvalue weighted by Gasteiger charge is 2.29. The second-order valence-corrected chi connectivity index (χ2v) is 6.14. The number of nitrogens with zero attached hydrogens (tertiary/aromatic N) is 2. The summed E-state index contributed by atoms with van der Waals surface area (Å²) in [6, 6.07) is 15.5. The summed E-state index contributed by atoms with van der Waals surface area (Å²) in [5.41, 5.74) is 9.69. The van der Waals surface area contributed by atoms with Crippen LogP contribution in [0.25, 0.3) is 16.6 Å². The van der Waals surface area contributed by atoms with Crippen LogP contribution in [0.4, 0.5) is 5.69 Å². The number of hydrogen-bond acceptors (Lipinski definition) is 4. The molecular weight excluding hydrogens is 328 g/mol. The molecule has 0 radical (unpaired) electrons. The zero-order valence-electron chi connectivity index (χ0n) is 14.6. The lowest BCUT2D eigenvalue weighted by Crippen LogP contribution is -2.32. The van der Waals surface area contributed by atoms with Crippen LogP contribution in [0.2, 0.25) is 0 Å². The van der Waals surface area contributed by atoms with Gasteiger partial charge >= 0.3 is 0 Å². The molecule has 1 aliphatic heterocycles. The first-order chi connectivity index (χ1) is 12.7. The fourth-order valence-electron chi connectivity index (χ4n) is 3.23. The number of aliphatic hydroxyl groups excluding tert-OH is 1. The predicted octanol–water partition coefficient (Wildman–Crippen LogP) is 3.34. The van der Waals surface area contributed by atoms with Crippen LogP contribution in [0.1, 0.15) is 19.2 Å². The molecule has 0 fully saturated rings. The lowest BCUT2D eigenvalue weighted by atomic mass is 10.1. The van der Waals surface area contributed by atoms with Gasteiger partial charge in [0.05, 0.1) is 24.2 Å². The van der Waals surface area contributed by atoms with Gasteiger partial charge in [-0.15, -0.1) is 0 Å². The van der Waals surface area contributed by atoms with Gasteiger partial charge in [0.25, 0.3) is 5.84 Å². The fraction of sp³-hybridized carbons (Fsp3) is 0.200. The van der Waals surface area contributed by atoms with E-state index in [9.17, 15) is 5.11 Å². The third-order valence-corrected chi connectivity index (χ3v) is 4.49. The number of aromatic nitrogens is 2. The van der Waals surface area contributed by atoms with E-state index in [2.05, 4.69) is 9.97 Å². The Hall–Kier alpha value is -3.28. The molecule has 0 bridgehead atoms. The third kappa shape index (κ3) is 2.79. The van der Waals surface area contributed by atoms with Crippen molar-refractivity contribution in [2.75, 3.05) is 13.2 Å². The molecule has 6 heteroatoms. The minimum Gasteiger partial charge on any atom is -0.511 e. The van der Waals surface area contributed by atoms with Crippen molar-refractivity contribution in [2.45, 2.75) is 13.3 Å². The van der Waals surface area contributed by atoms with Gasteiger partial charge in [0.15, 0.2) is 0 Å². The van der Waals surface area contributed by atoms with E-state index >= 15 is 0 Å². The Bertz CT molecular complexity index is 983. The van der Waals surface area contributed by atoms with E-state index in [1.165, 1.54) is 0 Å². The number of amidine groups is 1. The summed E-state index contributed by atoms with van der Waals surface area (Å²) in [6.45, 7) is 3.19. The quantitative estimate of drug-likeness (QED) is 0.631. The lowest BCUT2D eigenvalue weighted by molar-refractivity contribution is -0.441. The van der Waals surface area contributed by atoms with Crippen LogP contribution in [0, 0.1) is 0 Å². The summed E-state index contributed by atoms with van der Waals surface area (Å²) in [6.07, 6.45) is 0.500. The largest absolute Gasteiger partial charge is 0.511 e. The van der Waals surface area contributed by atoms with Crippen molar-refractivity contribution >= 4 is 28.1 Å². The predicted molar refractivity (Wildman–Crippen MR) is 102 cm³/mol. The minimum absolute atomic E-state index is 0.253. The van der Waals surface area contributed by atoms with Gasteiger partial charge < -0.3 is 14.8 Å². The number of benzene rings is 2. The van der Waals surface area contributed by atoms with Gasteiger partial charge in [0.2, 0.25) is 0 Å². The molecule has 0 saturated heterocycles. The maximum absolute atomic E-state index is 10.5. The Morgan fingerprint density at radius 1 is 1.19 bits per heavy atom. The van der Waals surface area contributed by atoms with Crippen molar-refractivity contribution in [2.24, 2.45) is 5.73 Å². The molecule has 132 valence electrons. The average Bonchev–Trinajstić information content (AvgIpc) is 3.06. The molecule has 26 heavy (non-hydrogen) atoms. The first-order valence-corrected chi connectivity index (χ1v) is 8.68. The molecule has 0 saturated carbocycles. The van der Waals surface area contributed by atoms with E-state index in [0.717, 1.165) is 22.5 Å². The highest BCUT2D eigenvalue weighted by Crippen LogP contribution is 2.27. The SMILES string of the molecule is CCOc1ccc([N+]2=C(N)C(c3nc4ccccc4[nH]3)=C(O)CC2)cc1. The average molecular weight is 349 g/mol. The monoisotopic (exact) mass is 349 g/mol. The molecule has 0 unspecified atom stereocenters. The second-order valence-electron chi connectivity index (χ2n) is 6.14. The zero-order chi connectivity index (χ0) is 18.1. The maximum Gasteiger partial charge on any atom is 0.287 e. The highest BCUT2D eigenvalue weighted by molar-refractivity contribution is 6.20. The van der Waals surface area contributed by atoms with Gasteiger partial charge in [-0.05, 0) is 43.3 Å². The molecule has 0 amide bonds. The Kier molecular flexibility index (Phi) is 4.08. The van der Waals surface area contributed by atoms with Crippen molar-refractivity contribution in [3.05, 3.63) is 60.1 Å². The Morgan fingerprint density at radius 3 is 2.69 bits per heavy atom. The maximum atomic E-state index is 10.5. The number of aromatic amines is 1. The standard InChI is InChI=1S/C20H20N4O2/c1-2-26-14-9-7-13(8-10-14)24-12-11-17(25)18(19(24)21)20-22-15-5-3-4-6-16(15)23-20/h3-10H,2,11-12H2,1H3,(H3,21,22,23,25)/p+1. The summed E-state index contributed by atoms with van der Waals surface area (Å²) in [5.74, 6) is 2.14. The van der Waals surface area contributed by atoms with E-state index in [1.807, 2.05) is 60.0 Å². The number of ether oxygens (including phenoxy) is 1. The van der Waals surface area contributed by atoms with Crippen LogP contribution in [0.15, 0.2) is 54.3 Å². The summed E-state index contributed by atoms with van der Waals surface area (Å²) >= 11 is 0. The van der Waals surface area contributed by atoms with E-state index in [1.54, 1.807) is 0 Å². The zero-order valence-corrected chi connectivity index (χ0v) is 14.6. The number of aliphatic hydroxyl groups is 1. The van der Waals surface area contributed by atoms with E-state index in [0.29, 0.717) is 36.8 Å². The molecule has 0 spiro atoms. The van der Waals surface area contributed by atoms with Crippen molar-refractivity contribution in [3.8, 4) is 5.75 Å². The van der Waals surface area contributed by atoms with Gasteiger partial charge in [0, 0.05) is 6.42 Å². The van der Waals surface area contributed by atoms with Crippen molar-refractivity contribution < 1.29 is 14.4 Å². The third-order valence-electron chi connectivity index (χ3n) is 4.49. The van der Waals surface area contributed by atoms with Gasteiger partial charge in [-0.25, -0.2) is 9.56 Å². The topological polar surface area (TPSA) is 87.2 Å². The fourth-order valence-corrected chi connectivity index (χ4v) is 3.23. The van der Waals surface area contributed by atoms with Gasteiger partial charge in [-0.3, -0.25) is 5.73 Å². The normalized spacial score (nSPS) is 15.0. The van der Waals surface area contributed by atoms with Crippen molar-refractivity contribution in [1.29, 1.82) is 0 Å². The molecule has 2 heterocycles. The van der Waals surface area contributed by atoms with Gasteiger partial charge in [-0.1, -0.05) is 12.1 Å².